The number of ether oxygens (including phenoxy) is 1. The molecule has 0 saturated carbocycles. The van der Waals surface area contributed by atoms with Crippen molar-refractivity contribution in [1.29, 1.82) is 0 Å². The minimum absolute atomic E-state index is 0.215. The summed E-state index contributed by atoms with van der Waals surface area (Å²) in [5, 5.41) is 30.7. The third-order valence-corrected chi connectivity index (χ3v) is 5.33. The Bertz CT molecular complexity index is 795. The Morgan fingerprint density at radius 1 is 1.32 bits per heavy atom. The Morgan fingerprint density at radius 2 is 1.97 bits per heavy atom. The van der Waals surface area contributed by atoms with Crippen LogP contribution in [0.5, 0.6) is 0 Å². The lowest BCUT2D eigenvalue weighted by molar-refractivity contribution is -0.148. The summed E-state index contributed by atoms with van der Waals surface area (Å²) in [4.78, 5) is 24.7. The molecule has 0 amide bonds. The lowest BCUT2D eigenvalue weighted by Gasteiger charge is -2.30. The van der Waals surface area contributed by atoms with Gasteiger partial charge < -0.3 is 20.1 Å². The molecule has 0 radical (unpaired) electrons. The fraction of sp³-hybridized carbons (Fsp3) is 0.520. The van der Waals surface area contributed by atoms with E-state index in [1.807, 2.05) is 13.0 Å². The van der Waals surface area contributed by atoms with E-state index in [9.17, 15) is 24.9 Å². The molecule has 4 atom stereocenters. The lowest BCUT2D eigenvalue weighted by atomic mass is 9.79. The smallest absolute Gasteiger partial charge is 0.331 e. The second-order valence-corrected chi connectivity index (χ2v) is 9.01. The minimum Gasteiger partial charge on any atom is -0.452 e. The molecule has 172 valence electrons. The van der Waals surface area contributed by atoms with Gasteiger partial charge in [-0.05, 0) is 70.6 Å². The van der Waals surface area contributed by atoms with E-state index in [-0.39, 0.29) is 5.57 Å². The summed E-state index contributed by atoms with van der Waals surface area (Å²) in [6, 6.07) is 0. The summed E-state index contributed by atoms with van der Waals surface area (Å²) in [6.45, 7) is 12.0. The number of ketones is 1. The number of esters is 1. The average molecular weight is 433 g/mol. The molecule has 6 nitrogen and oxygen atoms in total. The van der Waals surface area contributed by atoms with Crippen molar-refractivity contribution in [3.8, 4) is 0 Å². The van der Waals surface area contributed by atoms with E-state index in [1.165, 1.54) is 25.2 Å². The van der Waals surface area contributed by atoms with Crippen LogP contribution >= 0.6 is 0 Å². The third-order valence-electron chi connectivity index (χ3n) is 5.33. The van der Waals surface area contributed by atoms with Crippen molar-refractivity contribution in [2.45, 2.75) is 71.7 Å². The first-order valence-electron chi connectivity index (χ1n) is 10.4. The van der Waals surface area contributed by atoms with Crippen molar-refractivity contribution in [2.75, 3.05) is 6.61 Å². The van der Waals surface area contributed by atoms with Crippen molar-refractivity contribution in [3.05, 3.63) is 59.8 Å². The molecular formula is C25H36O6. The van der Waals surface area contributed by atoms with E-state index in [2.05, 4.69) is 6.58 Å². The molecule has 1 aliphatic carbocycles. The Labute approximate surface area is 185 Å². The van der Waals surface area contributed by atoms with E-state index in [4.69, 9.17) is 4.74 Å². The molecule has 0 aromatic heterocycles. The Hall–Kier alpha value is -2.28. The highest BCUT2D eigenvalue weighted by Crippen LogP contribution is 2.33. The summed E-state index contributed by atoms with van der Waals surface area (Å²) in [6.07, 6.45) is 8.63. The average Bonchev–Trinajstić information content (AvgIpc) is 2.68. The standard InChI is InChI=1S/C25H36O6/c1-17(2)15-23(29)31-22-10-13-24(5,12-8-20(27)18(3)4)11-7-19(16-26)21(28)9-14-25(22,6)30/h7,9-10,13-15,20,22,26-27,30H,3,8,11-12,16H2,1-2,4-6H3/b13-10+,14-9+,19-7-/t20-,22-,24-,25-/m1/s1. The highest BCUT2D eigenvalue weighted by atomic mass is 16.6. The molecule has 0 aromatic rings. The van der Waals surface area contributed by atoms with Gasteiger partial charge in [-0.15, -0.1) is 0 Å². The number of aliphatic hydroxyl groups is 3. The van der Waals surface area contributed by atoms with E-state index < -0.39 is 41.6 Å². The summed E-state index contributed by atoms with van der Waals surface area (Å²) in [7, 11) is 0. The van der Waals surface area contributed by atoms with Gasteiger partial charge in [0.25, 0.3) is 0 Å². The van der Waals surface area contributed by atoms with E-state index in [1.54, 1.807) is 32.9 Å². The predicted molar refractivity (Wildman–Crippen MR) is 121 cm³/mol. The molecule has 0 aromatic carbocycles. The maximum atomic E-state index is 12.5. The third kappa shape index (κ3) is 8.77. The van der Waals surface area contributed by atoms with Crippen LogP contribution < -0.4 is 0 Å². The zero-order valence-electron chi connectivity index (χ0n) is 19.2. The Balaban J connectivity index is 3.38. The monoisotopic (exact) mass is 432 g/mol. The number of carbonyl (C=O) groups excluding carboxylic acids is 2. The van der Waals surface area contributed by atoms with Crippen LogP contribution in [0.1, 0.15) is 53.9 Å². The van der Waals surface area contributed by atoms with Gasteiger partial charge in [0.05, 0.1) is 12.7 Å². The van der Waals surface area contributed by atoms with Crippen molar-refractivity contribution < 1.29 is 29.6 Å². The number of hydrogen-bond acceptors (Lipinski definition) is 6. The van der Waals surface area contributed by atoms with Gasteiger partial charge in [-0.1, -0.05) is 36.8 Å². The van der Waals surface area contributed by atoms with Crippen LogP contribution in [0.2, 0.25) is 0 Å². The number of aliphatic hydroxyl groups excluding tert-OH is 2. The van der Waals surface area contributed by atoms with Crippen LogP contribution in [-0.2, 0) is 14.3 Å². The van der Waals surface area contributed by atoms with Crippen molar-refractivity contribution in [3.63, 3.8) is 0 Å². The number of hydrogen-bond donors (Lipinski definition) is 3. The Kier molecular flexibility index (Phi) is 9.81. The van der Waals surface area contributed by atoms with Gasteiger partial charge in [0.15, 0.2) is 11.9 Å². The second kappa shape index (κ2) is 11.4. The molecule has 3 N–H and O–H groups in total. The molecule has 6 heteroatoms. The van der Waals surface area contributed by atoms with Crippen LogP contribution in [0, 0.1) is 5.41 Å². The normalized spacial score (nSPS) is 31.4. The topological polar surface area (TPSA) is 104 Å². The molecule has 0 unspecified atom stereocenters. The molecular weight excluding hydrogens is 396 g/mol. The predicted octanol–water partition coefficient (Wildman–Crippen LogP) is 3.34. The van der Waals surface area contributed by atoms with Gasteiger partial charge >= 0.3 is 5.97 Å². The summed E-state index contributed by atoms with van der Waals surface area (Å²) >= 11 is 0. The molecule has 0 saturated heterocycles. The van der Waals surface area contributed by atoms with Gasteiger partial charge in [-0.3, -0.25) is 4.79 Å². The molecule has 0 bridgehead atoms. The maximum Gasteiger partial charge on any atom is 0.331 e. The fourth-order valence-corrected chi connectivity index (χ4v) is 3.08. The van der Waals surface area contributed by atoms with Crippen molar-refractivity contribution in [1.82, 2.24) is 0 Å². The highest BCUT2D eigenvalue weighted by molar-refractivity contribution is 6.04. The van der Waals surface area contributed by atoms with Gasteiger partial charge in [-0.2, -0.15) is 0 Å². The highest BCUT2D eigenvalue weighted by Gasteiger charge is 2.33. The zero-order valence-corrected chi connectivity index (χ0v) is 19.2. The first-order valence-corrected chi connectivity index (χ1v) is 10.4. The lowest BCUT2D eigenvalue weighted by Crippen LogP contribution is -2.39. The number of allylic oxidation sites excluding steroid dienone is 4. The molecule has 1 rings (SSSR count). The van der Waals surface area contributed by atoms with Gasteiger partial charge in [0, 0.05) is 11.6 Å². The van der Waals surface area contributed by atoms with Crippen LogP contribution in [0.4, 0.5) is 0 Å². The number of carbonyl (C=O) groups is 2. The maximum absolute atomic E-state index is 12.5. The van der Waals surface area contributed by atoms with Crippen molar-refractivity contribution >= 4 is 11.8 Å². The molecule has 31 heavy (non-hydrogen) atoms. The summed E-state index contributed by atoms with van der Waals surface area (Å²) in [5.74, 6) is -1.03. The van der Waals surface area contributed by atoms with E-state index >= 15 is 0 Å². The van der Waals surface area contributed by atoms with Gasteiger partial charge in [0.1, 0.15) is 5.60 Å². The van der Waals surface area contributed by atoms with E-state index in [0.717, 1.165) is 5.57 Å². The molecule has 1 aliphatic rings. The molecule has 0 heterocycles. The van der Waals surface area contributed by atoms with E-state index in [0.29, 0.717) is 24.8 Å². The van der Waals surface area contributed by atoms with Gasteiger partial charge in [-0.25, -0.2) is 4.79 Å². The largest absolute Gasteiger partial charge is 0.452 e. The number of rotatable bonds is 7. The minimum atomic E-state index is -1.65. The molecule has 0 aliphatic heterocycles. The van der Waals surface area contributed by atoms with Crippen LogP contribution in [-0.4, -0.2) is 51.5 Å². The SMILES string of the molecule is C=C(C)[C@H](O)CC[C@]1(C)/C=C/[C@@H](OC(=O)C=C(C)C)[C@](C)(O)/C=C/C(=O)/C(CO)=C\C1. The summed E-state index contributed by atoms with van der Waals surface area (Å²) in [5.41, 5.74) is -0.552. The quantitative estimate of drug-likeness (QED) is 0.324. The summed E-state index contributed by atoms with van der Waals surface area (Å²) < 4.78 is 5.49. The van der Waals surface area contributed by atoms with Crippen molar-refractivity contribution in [2.24, 2.45) is 5.41 Å². The molecule has 0 spiro atoms. The second-order valence-electron chi connectivity index (χ2n) is 9.01. The first-order chi connectivity index (χ1) is 14.3. The van der Waals surface area contributed by atoms with Crippen LogP contribution in [0.25, 0.3) is 0 Å². The molecule has 0 fully saturated rings. The first kappa shape index (κ1) is 26.8. The zero-order chi connectivity index (χ0) is 23.8. The van der Waals surface area contributed by atoms with Crippen LogP contribution in [0.15, 0.2) is 59.8 Å². The van der Waals surface area contributed by atoms with Gasteiger partial charge in [0.2, 0.25) is 0 Å². The fourth-order valence-electron chi connectivity index (χ4n) is 3.08. The Morgan fingerprint density at radius 3 is 2.52 bits per heavy atom. The van der Waals surface area contributed by atoms with Crippen LogP contribution in [0.3, 0.4) is 0 Å².